The number of nitrogens with zero attached hydrogens (tertiary/aromatic N) is 2. The van der Waals surface area contributed by atoms with Gasteiger partial charge in [-0.05, 0) is 25.1 Å². The van der Waals surface area contributed by atoms with E-state index < -0.39 is 0 Å². The molecule has 0 aliphatic heterocycles. The van der Waals surface area contributed by atoms with Gasteiger partial charge in [0.2, 0.25) is 5.95 Å². The lowest BCUT2D eigenvalue weighted by molar-refractivity contribution is 1.04. The fraction of sp³-hybridized carbons (Fsp3) is 0.0714. The second kappa shape index (κ2) is 5.53. The van der Waals surface area contributed by atoms with E-state index in [4.69, 9.17) is 0 Å². The van der Waals surface area contributed by atoms with Crippen LogP contribution in [0.5, 0.6) is 0 Å². The highest BCUT2D eigenvalue weighted by Crippen LogP contribution is 2.21. The van der Waals surface area contributed by atoms with Gasteiger partial charge in [-0.3, -0.25) is 9.78 Å². The summed E-state index contributed by atoms with van der Waals surface area (Å²) in [7, 11) is 0. The maximum Gasteiger partial charge on any atom is 0.252 e. The average molecular weight is 346 g/mol. The second-order valence-corrected chi connectivity index (χ2v) is 5.45. The van der Waals surface area contributed by atoms with Gasteiger partial charge in [-0.15, -0.1) is 0 Å². The van der Waals surface area contributed by atoms with Gasteiger partial charge in [-0.2, -0.15) is 5.10 Å². The van der Waals surface area contributed by atoms with Crippen molar-refractivity contribution in [2.75, 3.05) is 5.43 Å². The smallest absolute Gasteiger partial charge is 0.252 e. The number of nitrogens with one attached hydrogen (secondary N) is 3. The molecule has 0 aliphatic carbocycles. The highest BCUT2D eigenvalue weighted by Gasteiger charge is 2.02. The van der Waals surface area contributed by atoms with Gasteiger partial charge in [0.05, 0.1) is 6.21 Å². The Kier molecular flexibility index (Phi) is 3.57. The molecular formula is C14H12BrN5O. The lowest BCUT2D eigenvalue weighted by Gasteiger charge is -1.99. The van der Waals surface area contributed by atoms with E-state index in [1.165, 1.54) is 6.07 Å². The Morgan fingerprint density at radius 1 is 1.38 bits per heavy atom. The van der Waals surface area contributed by atoms with Crippen molar-refractivity contribution in [1.29, 1.82) is 0 Å². The molecule has 2 aromatic heterocycles. The van der Waals surface area contributed by atoms with Crippen LogP contribution in [0.25, 0.3) is 10.9 Å². The molecule has 0 saturated heterocycles. The van der Waals surface area contributed by atoms with E-state index in [0.29, 0.717) is 11.6 Å². The first-order chi connectivity index (χ1) is 10.1. The minimum absolute atomic E-state index is 0.212. The normalized spacial score (nSPS) is 11.3. The van der Waals surface area contributed by atoms with Crippen LogP contribution >= 0.6 is 15.9 Å². The highest BCUT2D eigenvalue weighted by atomic mass is 79.9. The lowest BCUT2D eigenvalue weighted by Crippen LogP contribution is -2.10. The summed E-state index contributed by atoms with van der Waals surface area (Å²) in [4.78, 5) is 21.2. The number of hydrogen-bond donors (Lipinski definition) is 3. The fourth-order valence-electron chi connectivity index (χ4n) is 2.02. The average Bonchev–Trinajstić information content (AvgIpc) is 2.80. The maximum atomic E-state index is 11.3. The van der Waals surface area contributed by atoms with E-state index in [-0.39, 0.29) is 5.56 Å². The molecule has 0 radical (unpaired) electrons. The number of hydrogen-bond acceptors (Lipinski definition) is 4. The Balaban J connectivity index is 1.84. The van der Waals surface area contributed by atoms with Crippen molar-refractivity contribution in [3.8, 4) is 0 Å². The van der Waals surface area contributed by atoms with Crippen LogP contribution in [0.1, 0.15) is 11.3 Å². The zero-order valence-electron chi connectivity index (χ0n) is 11.1. The van der Waals surface area contributed by atoms with Crippen LogP contribution in [0.2, 0.25) is 0 Å². The van der Waals surface area contributed by atoms with Crippen molar-refractivity contribution in [3.05, 3.63) is 56.5 Å². The van der Waals surface area contributed by atoms with E-state index in [0.717, 1.165) is 20.9 Å². The van der Waals surface area contributed by atoms with Crippen LogP contribution in [0.15, 0.2) is 44.8 Å². The van der Waals surface area contributed by atoms with Crippen LogP contribution in [0, 0.1) is 6.92 Å². The molecular weight excluding hydrogens is 334 g/mol. The molecule has 0 unspecified atom stereocenters. The Labute approximate surface area is 128 Å². The van der Waals surface area contributed by atoms with Crippen molar-refractivity contribution in [1.82, 2.24) is 15.0 Å². The summed E-state index contributed by atoms with van der Waals surface area (Å²) in [5.41, 5.74) is 5.11. The largest absolute Gasteiger partial charge is 0.361 e. The van der Waals surface area contributed by atoms with Gasteiger partial charge in [0.15, 0.2) is 0 Å². The van der Waals surface area contributed by atoms with Crippen molar-refractivity contribution in [3.63, 3.8) is 0 Å². The van der Waals surface area contributed by atoms with Crippen LogP contribution in [-0.2, 0) is 0 Å². The number of hydrazone groups is 1. The quantitative estimate of drug-likeness (QED) is 0.504. The first-order valence-electron chi connectivity index (χ1n) is 6.25. The molecule has 0 spiro atoms. The molecule has 1 aromatic carbocycles. The van der Waals surface area contributed by atoms with Gasteiger partial charge in [-0.25, -0.2) is 10.4 Å². The van der Waals surface area contributed by atoms with E-state index in [9.17, 15) is 4.79 Å². The van der Waals surface area contributed by atoms with Gasteiger partial charge in [0.25, 0.3) is 5.56 Å². The van der Waals surface area contributed by atoms with Crippen molar-refractivity contribution in [2.45, 2.75) is 6.92 Å². The summed E-state index contributed by atoms with van der Waals surface area (Å²) >= 11 is 3.45. The third-order valence-corrected chi connectivity index (χ3v) is 3.41. The topological polar surface area (TPSA) is 85.9 Å². The number of rotatable bonds is 3. The summed E-state index contributed by atoms with van der Waals surface area (Å²) in [6, 6.07) is 7.40. The molecule has 7 heteroatoms. The summed E-state index contributed by atoms with van der Waals surface area (Å²) in [5, 5.41) is 5.16. The van der Waals surface area contributed by atoms with Gasteiger partial charge in [0, 0.05) is 38.9 Å². The van der Waals surface area contributed by atoms with E-state index >= 15 is 0 Å². The number of aromatic nitrogens is 3. The van der Waals surface area contributed by atoms with Crippen LogP contribution in [0.4, 0.5) is 5.95 Å². The molecule has 2 heterocycles. The third-order valence-electron chi connectivity index (χ3n) is 2.92. The van der Waals surface area contributed by atoms with E-state index in [2.05, 4.69) is 41.4 Å². The molecule has 0 amide bonds. The number of aryl methyl sites for hydroxylation is 1. The highest BCUT2D eigenvalue weighted by molar-refractivity contribution is 9.10. The molecule has 21 heavy (non-hydrogen) atoms. The summed E-state index contributed by atoms with van der Waals surface area (Å²) in [6.45, 7) is 1.75. The van der Waals surface area contributed by atoms with Crippen LogP contribution < -0.4 is 11.0 Å². The first kappa shape index (κ1) is 13.6. The summed E-state index contributed by atoms with van der Waals surface area (Å²) in [6.07, 6.45) is 3.54. The van der Waals surface area contributed by atoms with Crippen LogP contribution in [0.3, 0.4) is 0 Å². The molecule has 0 aliphatic rings. The van der Waals surface area contributed by atoms with Gasteiger partial charge in [0.1, 0.15) is 0 Å². The maximum absolute atomic E-state index is 11.3. The van der Waals surface area contributed by atoms with Gasteiger partial charge in [-0.1, -0.05) is 15.9 Å². The molecule has 3 aromatic rings. The Bertz CT molecular complexity index is 880. The first-order valence-corrected chi connectivity index (χ1v) is 7.05. The lowest BCUT2D eigenvalue weighted by atomic mass is 10.2. The molecule has 3 rings (SSSR count). The number of halogens is 1. The number of benzene rings is 1. The van der Waals surface area contributed by atoms with Crippen molar-refractivity contribution >= 4 is 39.0 Å². The minimum Gasteiger partial charge on any atom is -0.361 e. The zero-order valence-corrected chi connectivity index (χ0v) is 12.7. The summed E-state index contributed by atoms with van der Waals surface area (Å²) in [5.74, 6) is 0.317. The molecule has 0 fully saturated rings. The number of fused-ring (bicyclic) bond motifs is 1. The van der Waals surface area contributed by atoms with Crippen molar-refractivity contribution < 1.29 is 0 Å². The molecule has 106 valence electrons. The van der Waals surface area contributed by atoms with Gasteiger partial charge >= 0.3 is 0 Å². The minimum atomic E-state index is -0.212. The molecule has 0 saturated carbocycles. The Morgan fingerprint density at radius 3 is 3.05 bits per heavy atom. The molecule has 0 atom stereocenters. The number of aromatic amines is 2. The SMILES string of the molecule is Cc1cc(=O)[nH]c(N/N=C\c2c[nH]c3ccc(Br)cc23)n1. The number of anilines is 1. The Hall–Kier alpha value is -2.41. The molecule has 0 bridgehead atoms. The third kappa shape index (κ3) is 3.03. The standard InChI is InChI=1S/C14H12BrN5O/c1-8-4-13(21)19-14(18-8)20-17-7-9-6-16-12-3-2-10(15)5-11(9)12/h2-7,16H,1H3,(H2,18,19,20,21)/b17-7-. The van der Waals surface area contributed by atoms with Crippen molar-refractivity contribution in [2.24, 2.45) is 5.10 Å². The fourth-order valence-corrected chi connectivity index (χ4v) is 2.38. The predicted molar refractivity (Wildman–Crippen MR) is 86.8 cm³/mol. The van der Waals surface area contributed by atoms with Gasteiger partial charge < -0.3 is 4.98 Å². The van der Waals surface area contributed by atoms with E-state index in [1.54, 1.807) is 13.1 Å². The molecule has 6 nitrogen and oxygen atoms in total. The number of H-pyrrole nitrogens is 2. The second-order valence-electron chi connectivity index (χ2n) is 4.54. The van der Waals surface area contributed by atoms with Crippen LogP contribution in [-0.4, -0.2) is 21.2 Å². The zero-order chi connectivity index (χ0) is 14.8. The monoisotopic (exact) mass is 345 g/mol. The molecule has 3 N–H and O–H groups in total. The van der Waals surface area contributed by atoms with E-state index in [1.807, 2.05) is 24.4 Å². The summed E-state index contributed by atoms with van der Waals surface area (Å²) < 4.78 is 1.00. The Morgan fingerprint density at radius 2 is 2.24 bits per heavy atom. The predicted octanol–water partition coefficient (Wildman–Crippen LogP) is 2.77.